The van der Waals surface area contributed by atoms with Crippen LogP contribution in [0.2, 0.25) is 0 Å². The number of aryl methyl sites for hydroxylation is 3. The summed E-state index contributed by atoms with van der Waals surface area (Å²) >= 11 is 0. The van der Waals surface area contributed by atoms with Crippen molar-refractivity contribution in [1.82, 2.24) is 14.0 Å². The first-order valence-corrected chi connectivity index (χ1v) is 14.0. The van der Waals surface area contributed by atoms with Crippen molar-refractivity contribution in [2.75, 3.05) is 0 Å². The van der Waals surface area contributed by atoms with Crippen LogP contribution in [0.5, 0.6) is 0 Å². The molecule has 0 unspecified atom stereocenters. The van der Waals surface area contributed by atoms with Crippen molar-refractivity contribution in [2.45, 2.75) is 26.3 Å². The van der Waals surface area contributed by atoms with E-state index in [0.717, 1.165) is 33.4 Å². The number of halogens is 1. The van der Waals surface area contributed by atoms with E-state index in [1.165, 1.54) is 17.0 Å². The molecule has 4 aromatic carbocycles. The summed E-state index contributed by atoms with van der Waals surface area (Å²) in [6.45, 7) is 2.82. The molecule has 0 saturated heterocycles. The largest absolute Gasteiger partial charge is 0.478 e. The molecule has 1 N–H and O–H groups in total. The Kier molecular flexibility index (Phi) is 6.31. The highest BCUT2D eigenvalue weighted by atomic mass is 19.1. The number of rotatable bonds is 7. The van der Waals surface area contributed by atoms with Gasteiger partial charge in [0.2, 0.25) is 0 Å². The van der Waals surface area contributed by atoms with E-state index in [1.54, 1.807) is 12.1 Å². The molecule has 0 radical (unpaired) electrons. The predicted octanol–water partition coefficient (Wildman–Crippen LogP) is 8.09. The van der Waals surface area contributed by atoms with Gasteiger partial charge in [0.1, 0.15) is 11.5 Å². The summed E-state index contributed by atoms with van der Waals surface area (Å²) < 4.78 is 18.1. The number of carboxylic acid groups (broad SMARTS) is 1. The van der Waals surface area contributed by atoms with Crippen LogP contribution in [0.4, 0.5) is 4.39 Å². The maximum Gasteiger partial charge on any atom is 0.337 e. The normalized spacial score (nSPS) is 11.6. The number of carbonyl (C=O) groups is 1. The third-order valence-corrected chi connectivity index (χ3v) is 8.11. The van der Waals surface area contributed by atoms with Gasteiger partial charge in [0.15, 0.2) is 0 Å². The van der Waals surface area contributed by atoms with E-state index in [9.17, 15) is 14.3 Å². The minimum Gasteiger partial charge on any atom is -0.478 e. The molecular weight excluding hydrogens is 525 g/mol. The van der Waals surface area contributed by atoms with Gasteiger partial charge in [0.25, 0.3) is 0 Å². The van der Waals surface area contributed by atoms with Crippen LogP contribution in [0.3, 0.4) is 0 Å². The van der Waals surface area contributed by atoms with Crippen LogP contribution < -0.4 is 0 Å². The van der Waals surface area contributed by atoms with Crippen LogP contribution in [-0.2, 0) is 19.4 Å². The van der Waals surface area contributed by atoms with E-state index in [0.29, 0.717) is 36.0 Å². The lowest BCUT2D eigenvalue weighted by atomic mass is 9.94. The zero-order chi connectivity index (χ0) is 28.8. The van der Waals surface area contributed by atoms with Crippen molar-refractivity contribution in [2.24, 2.45) is 0 Å². The van der Waals surface area contributed by atoms with Gasteiger partial charge < -0.3 is 14.1 Å². The van der Waals surface area contributed by atoms with Gasteiger partial charge in [-0.1, -0.05) is 66.7 Å². The van der Waals surface area contributed by atoms with E-state index in [1.807, 2.05) is 66.9 Å². The number of carboxylic acids is 1. The Hall–Kier alpha value is -5.23. The molecule has 3 heterocycles. The quantitative estimate of drug-likeness (QED) is 0.217. The molecule has 0 atom stereocenters. The molecule has 0 aliphatic rings. The average molecular weight is 554 g/mol. The maximum atomic E-state index is 13.8. The molecular formula is C36H28FN3O2. The Bertz CT molecular complexity index is 2140. The molecule has 42 heavy (non-hydrogen) atoms. The molecule has 0 aliphatic heterocycles. The fourth-order valence-electron chi connectivity index (χ4n) is 6.20. The summed E-state index contributed by atoms with van der Waals surface area (Å²) in [6.07, 6.45) is 5.43. The molecule has 3 aromatic heterocycles. The maximum absolute atomic E-state index is 13.8. The fourth-order valence-corrected chi connectivity index (χ4v) is 6.20. The Labute approximate surface area is 242 Å². The molecule has 0 saturated carbocycles. The lowest BCUT2D eigenvalue weighted by Gasteiger charge is -2.11. The number of aromatic carboxylic acids is 1. The topological polar surface area (TPSA) is 59.5 Å². The van der Waals surface area contributed by atoms with Gasteiger partial charge in [0.05, 0.1) is 17.0 Å². The van der Waals surface area contributed by atoms with Crippen molar-refractivity contribution in [3.05, 3.63) is 143 Å². The smallest absolute Gasteiger partial charge is 0.337 e. The number of hydrogen-bond donors (Lipinski definition) is 1. The minimum atomic E-state index is -0.977. The highest BCUT2D eigenvalue weighted by Crippen LogP contribution is 2.35. The molecule has 7 aromatic rings. The zero-order valence-electron chi connectivity index (χ0n) is 23.1. The summed E-state index contributed by atoms with van der Waals surface area (Å²) in [5, 5.41) is 13.1. The predicted molar refractivity (Wildman–Crippen MR) is 165 cm³/mol. The van der Waals surface area contributed by atoms with Crippen molar-refractivity contribution >= 4 is 33.3 Å². The van der Waals surface area contributed by atoms with Crippen LogP contribution in [-0.4, -0.2) is 25.0 Å². The van der Waals surface area contributed by atoms with E-state index >= 15 is 0 Å². The number of hydrogen-bond acceptors (Lipinski definition) is 2. The standard InChI is InChI=1S/C36H28FN3O2/c1-23-8-6-13-30-33(23)26(22-39(30)19-17-24-9-7-11-27(37)20-24)21-31-35(38-32-14-4-5-18-40(31)32)29-16-15-25-10-2-3-12-28(25)34(29)36(41)42/h2-16,18,20,22H,17,19,21H2,1H3,(H,41,42). The first kappa shape index (κ1) is 25.7. The molecule has 6 heteroatoms. The third kappa shape index (κ3) is 4.41. The van der Waals surface area contributed by atoms with Gasteiger partial charge in [-0.15, -0.1) is 0 Å². The summed E-state index contributed by atoms with van der Waals surface area (Å²) in [5.74, 6) is -1.20. The molecule has 0 aliphatic carbocycles. The van der Waals surface area contributed by atoms with E-state index < -0.39 is 5.97 Å². The Morgan fingerprint density at radius 2 is 1.76 bits per heavy atom. The van der Waals surface area contributed by atoms with Gasteiger partial charge in [-0.3, -0.25) is 0 Å². The minimum absolute atomic E-state index is 0.226. The number of fused-ring (bicyclic) bond motifs is 3. The number of aromatic nitrogens is 3. The molecule has 0 spiro atoms. The molecule has 0 bridgehead atoms. The van der Waals surface area contributed by atoms with Gasteiger partial charge in [0, 0.05) is 41.8 Å². The second-order valence-corrected chi connectivity index (χ2v) is 10.7. The lowest BCUT2D eigenvalue weighted by molar-refractivity contribution is 0.0700. The van der Waals surface area contributed by atoms with Crippen LogP contribution in [0.25, 0.3) is 38.6 Å². The molecule has 206 valence electrons. The van der Waals surface area contributed by atoms with Gasteiger partial charge >= 0.3 is 5.97 Å². The Morgan fingerprint density at radius 3 is 2.62 bits per heavy atom. The summed E-state index contributed by atoms with van der Waals surface area (Å²) in [6, 6.07) is 30.3. The number of imidazole rings is 1. The Morgan fingerprint density at radius 1 is 0.929 bits per heavy atom. The molecule has 5 nitrogen and oxygen atoms in total. The van der Waals surface area contributed by atoms with Crippen molar-refractivity contribution in [1.29, 1.82) is 0 Å². The molecule has 0 amide bonds. The Balaban J connectivity index is 1.38. The SMILES string of the molecule is Cc1cccc2c1c(Cc1c(-c3ccc4ccccc4c3C(=O)O)nc3ccccn13)cn2CCc1cccc(F)c1. The second kappa shape index (κ2) is 10.3. The highest BCUT2D eigenvalue weighted by molar-refractivity contribution is 6.09. The van der Waals surface area contributed by atoms with Crippen molar-refractivity contribution in [3.63, 3.8) is 0 Å². The van der Waals surface area contributed by atoms with Crippen LogP contribution in [0.15, 0.2) is 109 Å². The zero-order valence-corrected chi connectivity index (χ0v) is 23.1. The summed E-state index contributed by atoms with van der Waals surface area (Å²) in [7, 11) is 0. The van der Waals surface area contributed by atoms with Crippen molar-refractivity contribution in [3.8, 4) is 11.3 Å². The van der Waals surface area contributed by atoms with Crippen LogP contribution >= 0.6 is 0 Å². The third-order valence-electron chi connectivity index (χ3n) is 8.11. The van der Waals surface area contributed by atoms with Crippen molar-refractivity contribution < 1.29 is 14.3 Å². The first-order valence-electron chi connectivity index (χ1n) is 14.0. The highest BCUT2D eigenvalue weighted by Gasteiger charge is 2.23. The fraction of sp³-hybridized carbons (Fsp3) is 0.111. The lowest BCUT2D eigenvalue weighted by Crippen LogP contribution is -2.03. The number of pyridine rings is 1. The second-order valence-electron chi connectivity index (χ2n) is 10.7. The van der Waals surface area contributed by atoms with E-state index in [2.05, 4.69) is 40.3 Å². The van der Waals surface area contributed by atoms with E-state index in [4.69, 9.17) is 4.98 Å². The molecule has 0 fully saturated rings. The van der Waals surface area contributed by atoms with Crippen LogP contribution in [0, 0.1) is 12.7 Å². The monoisotopic (exact) mass is 553 g/mol. The van der Waals surface area contributed by atoms with Gasteiger partial charge in [-0.25, -0.2) is 14.2 Å². The van der Waals surface area contributed by atoms with Gasteiger partial charge in [-0.2, -0.15) is 0 Å². The van der Waals surface area contributed by atoms with Gasteiger partial charge in [-0.05, 0) is 71.1 Å². The summed E-state index contributed by atoms with van der Waals surface area (Å²) in [4.78, 5) is 17.6. The number of benzene rings is 4. The van der Waals surface area contributed by atoms with Crippen LogP contribution in [0.1, 0.15) is 32.7 Å². The molecule has 7 rings (SSSR count). The number of nitrogens with zero attached hydrogens (tertiary/aromatic N) is 3. The summed E-state index contributed by atoms with van der Waals surface area (Å²) in [5.41, 5.74) is 7.58. The van der Waals surface area contributed by atoms with E-state index in [-0.39, 0.29) is 11.4 Å². The first-order chi connectivity index (χ1) is 20.5. The average Bonchev–Trinajstić information content (AvgIpc) is 3.54.